The van der Waals surface area contributed by atoms with E-state index in [4.69, 9.17) is 4.74 Å². The van der Waals surface area contributed by atoms with Crippen LogP contribution in [0, 0.1) is 11.3 Å². The van der Waals surface area contributed by atoms with Crippen LogP contribution >= 0.6 is 31.9 Å². The standard InChI is InChI=1S/C15H20Br2O/c1-4-7-18-13-6-5-10(8-12(13)16)14(17)11-9-15(11,2)3/h5-6,8,11,14H,4,7,9H2,1-3H3. The van der Waals surface area contributed by atoms with Crippen molar-refractivity contribution >= 4 is 31.9 Å². The summed E-state index contributed by atoms with van der Waals surface area (Å²) in [6.07, 6.45) is 2.33. The Labute approximate surface area is 127 Å². The van der Waals surface area contributed by atoms with Gasteiger partial charge in [-0.15, -0.1) is 0 Å². The second-order valence-corrected chi connectivity index (χ2v) is 7.58. The molecule has 0 aromatic heterocycles. The molecule has 0 heterocycles. The highest BCUT2D eigenvalue weighted by molar-refractivity contribution is 9.10. The van der Waals surface area contributed by atoms with E-state index in [9.17, 15) is 0 Å². The Bertz CT molecular complexity index is 429. The molecule has 18 heavy (non-hydrogen) atoms. The fraction of sp³-hybridized carbons (Fsp3) is 0.600. The maximum atomic E-state index is 5.68. The van der Waals surface area contributed by atoms with Crippen molar-refractivity contribution in [3.63, 3.8) is 0 Å². The van der Waals surface area contributed by atoms with E-state index in [0.29, 0.717) is 10.2 Å². The van der Waals surface area contributed by atoms with Crippen LogP contribution in [0.4, 0.5) is 0 Å². The van der Waals surface area contributed by atoms with Crippen LogP contribution in [-0.4, -0.2) is 6.61 Å². The molecule has 0 spiro atoms. The summed E-state index contributed by atoms with van der Waals surface area (Å²) in [4.78, 5) is 0.448. The van der Waals surface area contributed by atoms with Crippen LogP contribution in [0.3, 0.4) is 0 Å². The molecule has 1 fully saturated rings. The third kappa shape index (κ3) is 3.11. The fourth-order valence-corrected chi connectivity index (χ4v) is 3.96. The Morgan fingerprint density at radius 2 is 2.11 bits per heavy atom. The molecule has 1 nitrogen and oxygen atoms in total. The summed E-state index contributed by atoms with van der Waals surface area (Å²) in [7, 11) is 0. The number of alkyl halides is 1. The van der Waals surface area contributed by atoms with E-state index in [1.54, 1.807) is 0 Å². The number of hydrogen-bond donors (Lipinski definition) is 0. The van der Waals surface area contributed by atoms with Crippen molar-refractivity contribution in [1.29, 1.82) is 0 Å². The molecule has 100 valence electrons. The van der Waals surface area contributed by atoms with Gasteiger partial charge < -0.3 is 4.74 Å². The van der Waals surface area contributed by atoms with Gasteiger partial charge in [-0.3, -0.25) is 0 Å². The molecule has 2 rings (SSSR count). The number of rotatable bonds is 5. The Morgan fingerprint density at radius 3 is 2.61 bits per heavy atom. The zero-order chi connectivity index (χ0) is 13.3. The maximum absolute atomic E-state index is 5.68. The molecule has 0 N–H and O–H groups in total. The summed E-state index contributed by atoms with van der Waals surface area (Å²) in [6, 6.07) is 6.42. The first kappa shape index (κ1) is 14.4. The van der Waals surface area contributed by atoms with Crippen molar-refractivity contribution < 1.29 is 4.74 Å². The van der Waals surface area contributed by atoms with Crippen LogP contribution in [0.2, 0.25) is 0 Å². The molecular formula is C15H20Br2O. The lowest BCUT2D eigenvalue weighted by Gasteiger charge is -2.14. The minimum Gasteiger partial charge on any atom is -0.492 e. The van der Waals surface area contributed by atoms with Crippen molar-refractivity contribution in [3.05, 3.63) is 28.2 Å². The van der Waals surface area contributed by atoms with Crippen LogP contribution in [-0.2, 0) is 0 Å². The quantitative estimate of drug-likeness (QED) is 0.598. The van der Waals surface area contributed by atoms with Crippen molar-refractivity contribution in [3.8, 4) is 5.75 Å². The highest BCUT2D eigenvalue weighted by Gasteiger charge is 2.49. The van der Waals surface area contributed by atoms with Crippen molar-refractivity contribution in [2.24, 2.45) is 11.3 Å². The molecule has 0 aliphatic heterocycles. The lowest BCUT2D eigenvalue weighted by atomic mass is 10.0. The first-order valence-electron chi connectivity index (χ1n) is 6.52. The van der Waals surface area contributed by atoms with Crippen molar-refractivity contribution in [1.82, 2.24) is 0 Å². The molecule has 3 heteroatoms. The van der Waals surface area contributed by atoms with Gasteiger partial charge in [-0.25, -0.2) is 0 Å². The van der Waals surface area contributed by atoms with Gasteiger partial charge in [0, 0.05) is 4.83 Å². The Morgan fingerprint density at radius 1 is 1.44 bits per heavy atom. The van der Waals surface area contributed by atoms with E-state index >= 15 is 0 Å². The predicted octanol–water partition coefficient (Wildman–Crippen LogP) is 5.72. The lowest BCUT2D eigenvalue weighted by molar-refractivity contribution is 0.315. The van der Waals surface area contributed by atoms with Gasteiger partial charge in [0.15, 0.2) is 0 Å². The predicted molar refractivity (Wildman–Crippen MR) is 83.5 cm³/mol. The van der Waals surface area contributed by atoms with E-state index in [0.717, 1.165) is 29.2 Å². The van der Waals surface area contributed by atoms with Crippen LogP contribution in [0.1, 0.15) is 44.0 Å². The van der Waals surface area contributed by atoms with Crippen molar-refractivity contribution in [2.75, 3.05) is 6.61 Å². The first-order valence-corrected chi connectivity index (χ1v) is 8.23. The van der Waals surface area contributed by atoms with Gasteiger partial charge in [-0.05, 0) is 57.8 Å². The molecule has 1 aromatic rings. The molecular weight excluding hydrogens is 356 g/mol. The summed E-state index contributed by atoms with van der Waals surface area (Å²) >= 11 is 7.44. The van der Waals surface area contributed by atoms with E-state index < -0.39 is 0 Å². The number of ether oxygens (including phenoxy) is 1. The molecule has 0 radical (unpaired) electrons. The SMILES string of the molecule is CCCOc1ccc(C(Br)C2CC2(C)C)cc1Br. The Kier molecular flexibility index (Phi) is 4.43. The molecule has 1 aliphatic rings. The largest absolute Gasteiger partial charge is 0.492 e. The smallest absolute Gasteiger partial charge is 0.133 e. The monoisotopic (exact) mass is 374 g/mol. The molecule has 1 saturated carbocycles. The summed E-state index contributed by atoms with van der Waals surface area (Å²) in [6.45, 7) is 7.55. The third-order valence-electron chi connectivity index (χ3n) is 3.68. The average molecular weight is 376 g/mol. The normalized spacial score (nSPS) is 22.6. The molecule has 1 aromatic carbocycles. The van der Waals surface area contributed by atoms with Gasteiger partial charge in [-0.2, -0.15) is 0 Å². The molecule has 1 aliphatic carbocycles. The molecule has 0 amide bonds. The van der Waals surface area contributed by atoms with E-state index in [1.165, 1.54) is 12.0 Å². The van der Waals surface area contributed by atoms with Crippen LogP contribution in [0.25, 0.3) is 0 Å². The molecule has 2 unspecified atom stereocenters. The van der Waals surface area contributed by atoms with Crippen LogP contribution in [0.15, 0.2) is 22.7 Å². The van der Waals surface area contributed by atoms with Crippen LogP contribution in [0.5, 0.6) is 5.75 Å². The minimum absolute atomic E-state index is 0.448. The van der Waals surface area contributed by atoms with Gasteiger partial charge in [0.1, 0.15) is 5.75 Å². The second kappa shape index (κ2) is 5.54. The fourth-order valence-electron chi connectivity index (χ4n) is 2.26. The zero-order valence-electron chi connectivity index (χ0n) is 11.2. The number of halogens is 2. The van der Waals surface area contributed by atoms with E-state index in [1.807, 2.05) is 0 Å². The van der Waals surface area contributed by atoms with Gasteiger partial charge in [0.2, 0.25) is 0 Å². The van der Waals surface area contributed by atoms with E-state index in [2.05, 4.69) is 70.8 Å². The summed E-state index contributed by atoms with van der Waals surface area (Å²) in [5.74, 6) is 1.68. The summed E-state index contributed by atoms with van der Waals surface area (Å²) in [5.41, 5.74) is 1.82. The van der Waals surface area contributed by atoms with Gasteiger partial charge >= 0.3 is 0 Å². The third-order valence-corrected chi connectivity index (χ3v) is 5.47. The average Bonchev–Trinajstić information content (AvgIpc) is 2.96. The molecule has 0 bridgehead atoms. The van der Waals surface area contributed by atoms with Crippen molar-refractivity contribution in [2.45, 2.75) is 38.4 Å². The minimum atomic E-state index is 0.448. The van der Waals surface area contributed by atoms with Gasteiger partial charge in [0.05, 0.1) is 11.1 Å². The Balaban J connectivity index is 2.09. The van der Waals surface area contributed by atoms with Gasteiger partial charge in [0.25, 0.3) is 0 Å². The van der Waals surface area contributed by atoms with E-state index in [-0.39, 0.29) is 0 Å². The van der Waals surface area contributed by atoms with Gasteiger partial charge in [-0.1, -0.05) is 42.8 Å². The topological polar surface area (TPSA) is 9.23 Å². The maximum Gasteiger partial charge on any atom is 0.133 e. The highest BCUT2D eigenvalue weighted by atomic mass is 79.9. The molecule has 2 atom stereocenters. The Hall–Kier alpha value is -0.0200. The second-order valence-electron chi connectivity index (χ2n) is 5.74. The lowest BCUT2D eigenvalue weighted by Crippen LogP contribution is -2.00. The molecule has 0 saturated heterocycles. The highest BCUT2D eigenvalue weighted by Crippen LogP contribution is 2.60. The summed E-state index contributed by atoms with van der Waals surface area (Å²) in [5, 5.41) is 0. The number of benzene rings is 1. The first-order chi connectivity index (χ1) is 8.45. The zero-order valence-corrected chi connectivity index (χ0v) is 14.3. The summed E-state index contributed by atoms with van der Waals surface area (Å²) < 4.78 is 6.73. The number of hydrogen-bond acceptors (Lipinski definition) is 1. The van der Waals surface area contributed by atoms with Crippen LogP contribution < -0.4 is 4.74 Å².